The van der Waals surface area contributed by atoms with E-state index in [4.69, 9.17) is 0 Å². The smallest absolute Gasteiger partial charge is 0.0662 e. The van der Waals surface area contributed by atoms with Gasteiger partial charge in [0.05, 0.1) is 5.60 Å². The standard InChI is InChI=1S/C13H25NO/c1-2-14-10-6-3-7-12(14)11-13(15)8-4-5-9-13/h12,15H,2-11H2,1H3. The van der Waals surface area contributed by atoms with Crippen molar-refractivity contribution in [3.05, 3.63) is 0 Å². The van der Waals surface area contributed by atoms with E-state index in [2.05, 4.69) is 11.8 Å². The molecule has 1 saturated heterocycles. The summed E-state index contributed by atoms with van der Waals surface area (Å²) in [5, 5.41) is 10.4. The normalized spacial score (nSPS) is 32.0. The number of aliphatic hydroxyl groups is 1. The Balaban J connectivity index is 1.90. The summed E-state index contributed by atoms with van der Waals surface area (Å²) in [4.78, 5) is 2.57. The molecule has 1 heterocycles. The lowest BCUT2D eigenvalue weighted by Crippen LogP contribution is -2.44. The lowest BCUT2D eigenvalue weighted by molar-refractivity contribution is -0.000153. The molecule has 1 unspecified atom stereocenters. The van der Waals surface area contributed by atoms with Gasteiger partial charge < -0.3 is 10.0 Å². The van der Waals surface area contributed by atoms with Crippen molar-refractivity contribution in [1.82, 2.24) is 4.90 Å². The molecule has 2 nitrogen and oxygen atoms in total. The van der Waals surface area contributed by atoms with Crippen molar-refractivity contribution in [2.45, 2.75) is 69.9 Å². The highest BCUT2D eigenvalue weighted by Crippen LogP contribution is 2.36. The minimum absolute atomic E-state index is 0.310. The Morgan fingerprint density at radius 2 is 1.93 bits per heavy atom. The maximum atomic E-state index is 10.4. The Kier molecular flexibility index (Phi) is 3.68. The molecule has 0 aromatic carbocycles. The number of piperidine rings is 1. The first-order valence-electron chi connectivity index (χ1n) is 6.70. The number of rotatable bonds is 3. The topological polar surface area (TPSA) is 23.5 Å². The largest absolute Gasteiger partial charge is 0.390 e. The minimum Gasteiger partial charge on any atom is -0.390 e. The summed E-state index contributed by atoms with van der Waals surface area (Å²) in [6, 6.07) is 0.659. The van der Waals surface area contributed by atoms with Crippen molar-refractivity contribution in [2.24, 2.45) is 0 Å². The van der Waals surface area contributed by atoms with Crippen LogP contribution in [0.5, 0.6) is 0 Å². The molecule has 15 heavy (non-hydrogen) atoms. The van der Waals surface area contributed by atoms with Gasteiger partial charge in [0.1, 0.15) is 0 Å². The molecule has 1 aliphatic heterocycles. The van der Waals surface area contributed by atoms with Crippen LogP contribution in [0, 0.1) is 0 Å². The van der Waals surface area contributed by atoms with E-state index in [0.29, 0.717) is 6.04 Å². The molecule has 2 rings (SSSR count). The third-order valence-corrected chi connectivity index (χ3v) is 4.31. The van der Waals surface area contributed by atoms with Crippen molar-refractivity contribution in [3.63, 3.8) is 0 Å². The molecular formula is C13H25NO. The minimum atomic E-state index is -0.310. The van der Waals surface area contributed by atoms with Gasteiger partial charge in [0.25, 0.3) is 0 Å². The second-order valence-electron chi connectivity index (χ2n) is 5.41. The zero-order valence-corrected chi connectivity index (χ0v) is 10.0. The maximum absolute atomic E-state index is 10.4. The fraction of sp³-hybridized carbons (Fsp3) is 1.00. The molecule has 1 saturated carbocycles. The fourth-order valence-electron chi connectivity index (χ4n) is 3.38. The number of hydrogen-bond acceptors (Lipinski definition) is 2. The van der Waals surface area contributed by atoms with Crippen LogP contribution in [-0.4, -0.2) is 34.7 Å². The van der Waals surface area contributed by atoms with Crippen molar-refractivity contribution < 1.29 is 5.11 Å². The molecule has 1 N–H and O–H groups in total. The Hall–Kier alpha value is -0.0800. The van der Waals surface area contributed by atoms with Gasteiger partial charge in [0.2, 0.25) is 0 Å². The average Bonchev–Trinajstić information content (AvgIpc) is 2.66. The van der Waals surface area contributed by atoms with Crippen LogP contribution in [0.1, 0.15) is 58.3 Å². The Morgan fingerprint density at radius 3 is 2.60 bits per heavy atom. The summed E-state index contributed by atoms with van der Waals surface area (Å²) in [5.41, 5.74) is -0.310. The summed E-state index contributed by atoms with van der Waals surface area (Å²) in [5.74, 6) is 0. The van der Waals surface area contributed by atoms with Crippen LogP contribution in [0.4, 0.5) is 0 Å². The van der Waals surface area contributed by atoms with E-state index >= 15 is 0 Å². The molecule has 0 amide bonds. The summed E-state index contributed by atoms with van der Waals surface area (Å²) in [7, 11) is 0. The van der Waals surface area contributed by atoms with E-state index < -0.39 is 0 Å². The van der Waals surface area contributed by atoms with E-state index in [9.17, 15) is 5.11 Å². The molecule has 88 valence electrons. The van der Waals surface area contributed by atoms with Crippen LogP contribution >= 0.6 is 0 Å². The summed E-state index contributed by atoms with van der Waals surface area (Å²) in [6.45, 7) is 4.65. The number of hydrogen-bond donors (Lipinski definition) is 1. The third-order valence-electron chi connectivity index (χ3n) is 4.31. The van der Waals surface area contributed by atoms with Crippen LogP contribution in [-0.2, 0) is 0 Å². The van der Waals surface area contributed by atoms with E-state index in [0.717, 1.165) is 25.8 Å². The molecular weight excluding hydrogens is 186 g/mol. The third kappa shape index (κ3) is 2.73. The van der Waals surface area contributed by atoms with Gasteiger partial charge >= 0.3 is 0 Å². The summed E-state index contributed by atoms with van der Waals surface area (Å²) >= 11 is 0. The Morgan fingerprint density at radius 1 is 1.20 bits per heavy atom. The van der Waals surface area contributed by atoms with E-state index in [1.165, 1.54) is 38.6 Å². The van der Waals surface area contributed by atoms with Gasteiger partial charge in [-0.2, -0.15) is 0 Å². The van der Waals surface area contributed by atoms with Gasteiger partial charge in [-0.25, -0.2) is 0 Å². The van der Waals surface area contributed by atoms with E-state index in [-0.39, 0.29) is 5.60 Å². The van der Waals surface area contributed by atoms with Crippen molar-refractivity contribution in [1.29, 1.82) is 0 Å². The lowest BCUT2D eigenvalue weighted by atomic mass is 9.88. The molecule has 2 heteroatoms. The Labute approximate surface area is 93.7 Å². The van der Waals surface area contributed by atoms with E-state index in [1.807, 2.05) is 0 Å². The Bertz CT molecular complexity index is 199. The van der Waals surface area contributed by atoms with Crippen LogP contribution < -0.4 is 0 Å². The van der Waals surface area contributed by atoms with Gasteiger partial charge in [-0.05, 0) is 45.2 Å². The second kappa shape index (κ2) is 4.84. The van der Waals surface area contributed by atoms with Gasteiger partial charge in [-0.1, -0.05) is 26.2 Å². The summed E-state index contributed by atoms with van der Waals surface area (Å²) < 4.78 is 0. The SMILES string of the molecule is CCN1CCCCC1CC1(O)CCCC1. The van der Waals surface area contributed by atoms with Crippen molar-refractivity contribution in [3.8, 4) is 0 Å². The molecule has 1 atom stereocenters. The predicted octanol–water partition coefficient (Wildman–Crippen LogP) is 2.56. The number of likely N-dealkylation sites (tertiary alicyclic amines) is 1. The van der Waals surface area contributed by atoms with E-state index in [1.54, 1.807) is 0 Å². The van der Waals surface area contributed by atoms with Gasteiger partial charge in [0.15, 0.2) is 0 Å². The molecule has 0 spiro atoms. The first-order valence-corrected chi connectivity index (χ1v) is 6.70. The van der Waals surface area contributed by atoms with Crippen LogP contribution in [0.25, 0.3) is 0 Å². The highest BCUT2D eigenvalue weighted by atomic mass is 16.3. The fourth-order valence-corrected chi connectivity index (χ4v) is 3.38. The molecule has 0 bridgehead atoms. The van der Waals surface area contributed by atoms with Crippen LogP contribution in [0.15, 0.2) is 0 Å². The quantitative estimate of drug-likeness (QED) is 0.775. The van der Waals surface area contributed by atoms with Crippen molar-refractivity contribution >= 4 is 0 Å². The second-order valence-corrected chi connectivity index (χ2v) is 5.41. The predicted molar refractivity (Wildman–Crippen MR) is 62.9 cm³/mol. The molecule has 2 aliphatic rings. The highest BCUT2D eigenvalue weighted by Gasteiger charge is 2.35. The molecule has 0 radical (unpaired) electrons. The molecule has 2 fully saturated rings. The van der Waals surface area contributed by atoms with Crippen molar-refractivity contribution in [2.75, 3.05) is 13.1 Å². The monoisotopic (exact) mass is 211 g/mol. The molecule has 0 aromatic rings. The zero-order valence-electron chi connectivity index (χ0n) is 10.0. The first kappa shape index (κ1) is 11.4. The average molecular weight is 211 g/mol. The zero-order chi connectivity index (χ0) is 10.7. The van der Waals surface area contributed by atoms with Crippen LogP contribution in [0.2, 0.25) is 0 Å². The molecule has 1 aliphatic carbocycles. The number of nitrogens with zero attached hydrogens (tertiary/aromatic N) is 1. The lowest BCUT2D eigenvalue weighted by Gasteiger charge is -2.38. The van der Waals surface area contributed by atoms with Gasteiger partial charge in [0, 0.05) is 6.04 Å². The van der Waals surface area contributed by atoms with Gasteiger partial charge in [-0.15, -0.1) is 0 Å². The first-order chi connectivity index (χ1) is 7.23. The molecule has 0 aromatic heterocycles. The van der Waals surface area contributed by atoms with Gasteiger partial charge in [-0.3, -0.25) is 0 Å². The summed E-state index contributed by atoms with van der Waals surface area (Å²) in [6.07, 6.45) is 9.59. The van der Waals surface area contributed by atoms with Crippen LogP contribution in [0.3, 0.4) is 0 Å². The maximum Gasteiger partial charge on any atom is 0.0662 e. The highest BCUT2D eigenvalue weighted by molar-refractivity contribution is 4.90.